The Hall–Kier alpha value is -1.93. The molecule has 36 heavy (non-hydrogen) atoms. The van der Waals surface area contributed by atoms with Crippen molar-refractivity contribution in [2.75, 3.05) is 40.0 Å². The summed E-state index contributed by atoms with van der Waals surface area (Å²) >= 11 is 2.06. The largest absolute Gasteiger partial charge is 0.493 e. The fraction of sp³-hybridized carbons (Fsp3) is 0.600. The second kappa shape index (κ2) is 15.4. The van der Waals surface area contributed by atoms with Crippen molar-refractivity contribution >= 4 is 34.4 Å². The zero-order valence-corrected chi connectivity index (χ0v) is 23.2. The van der Waals surface area contributed by atoms with E-state index in [2.05, 4.69) is 27.9 Å². The lowest BCUT2D eigenvalue weighted by Crippen LogP contribution is -2.55. The third-order valence-electron chi connectivity index (χ3n) is 5.86. The summed E-state index contributed by atoms with van der Waals surface area (Å²) in [4.78, 5) is 27.3. The number of ether oxygens (including phenoxy) is 3. The van der Waals surface area contributed by atoms with Crippen molar-refractivity contribution < 1.29 is 39.1 Å². The zero-order chi connectivity index (χ0) is 26.7. The second-order valence-corrected chi connectivity index (χ2v) is 9.44. The van der Waals surface area contributed by atoms with Gasteiger partial charge in [-0.3, -0.25) is 9.59 Å². The SMILES string of the molecule is CCOCCCN(C(=O)CC)[C@@H]1CC(C(=O)NCCO)=C[C@H](Oc2c(I)cc(CO)cc2OC)[C@H]1O. The lowest BCUT2D eigenvalue weighted by Gasteiger charge is -2.40. The molecule has 0 aliphatic heterocycles. The molecule has 2 rings (SSSR count). The topological polar surface area (TPSA) is 138 Å². The van der Waals surface area contributed by atoms with Gasteiger partial charge in [-0.05, 0) is 59.7 Å². The van der Waals surface area contributed by atoms with Crippen LogP contribution in [0.25, 0.3) is 0 Å². The molecule has 3 atom stereocenters. The molecular weight excluding hydrogens is 583 g/mol. The number of benzene rings is 1. The van der Waals surface area contributed by atoms with E-state index in [0.29, 0.717) is 52.4 Å². The monoisotopic (exact) mass is 620 g/mol. The van der Waals surface area contributed by atoms with E-state index in [4.69, 9.17) is 19.3 Å². The number of carbonyl (C=O) groups excluding carboxylic acids is 2. The molecule has 0 unspecified atom stereocenters. The van der Waals surface area contributed by atoms with Crippen molar-refractivity contribution in [3.8, 4) is 11.5 Å². The van der Waals surface area contributed by atoms with Gasteiger partial charge in [0.2, 0.25) is 11.8 Å². The zero-order valence-electron chi connectivity index (χ0n) is 21.0. The van der Waals surface area contributed by atoms with E-state index in [0.717, 1.165) is 0 Å². The van der Waals surface area contributed by atoms with Gasteiger partial charge in [-0.15, -0.1) is 0 Å². The maximum absolute atomic E-state index is 12.9. The lowest BCUT2D eigenvalue weighted by atomic mass is 9.88. The van der Waals surface area contributed by atoms with Gasteiger partial charge in [-0.1, -0.05) is 6.92 Å². The number of carbonyl (C=O) groups is 2. The number of halogens is 1. The van der Waals surface area contributed by atoms with Gasteiger partial charge in [0, 0.05) is 44.7 Å². The van der Waals surface area contributed by atoms with Crippen LogP contribution in [0.5, 0.6) is 11.5 Å². The molecule has 11 heteroatoms. The number of nitrogens with one attached hydrogen (secondary N) is 1. The Kier molecular flexibility index (Phi) is 12.9. The molecule has 1 aliphatic rings. The average molecular weight is 620 g/mol. The second-order valence-electron chi connectivity index (χ2n) is 8.27. The molecule has 0 aromatic heterocycles. The molecule has 0 radical (unpaired) electrons. The summed E-state index contributed by atoms with van der Waals surface area (Å²) in [5, 5.41) is 32.7. The van der Waals surface area contributed by atoms with Crippen LogP contribution in [0.3, 0.4) is 0 Å². The minimum atomic E-state index is -1.12. The Morgan fingerprint density at radius 2 is 2.00 bits per heavy atom. The molecule has 0 bridgehead atoms. The predicted octanol–water partition coefficient (Wildman–Crippen LogP) is 1.37. The number of rotatable bonds is 14. The maximum Gasteiger partial charge on any atom is 0.247 e. The van der Waals surface area contributed by atoms with Crippen molar-refractivity contribution in [1.29, 1.82) is 0 Å². The van der Waals surface area contributed by atoms with Crippen LogP contribution in [0.15, 0.2) is 23.8 Å². The molecule has 1 aromatic rings. The standard InChI is InChI=1S/C25H37IN2O8/c1-4-22(31)28(8-6-10-35-5-2)19-13-17(25(33)27-7-9-29)14-20(23(19)32)36-24-18(26)11-16(15-30)12-21(24)34-3/h11-12,14,19-20,23,29-30,32H,4-10,13,15H2,1-3H3,(H,27,33)/t19-,20+,23+/m1/s1. The number of aliphatic hydroxyl groups is 3. The van der Waals surface area contributed by atoms with E-state index < -0.39 is 24.2 Å². The van der Waals surface area contributed by atoms with Crippen molar-refractivity contribution in [3.63, 3.8) is 0 Å². The molecule has 0 spiro atoms. The van der Waals surface area contributed by atoms with Crippen molar-refractivity contribution in [2.45, 2.75) is 58.0 Å². The highest BCUT2D eigenvalue weighted by molar-refractivity contribution is 14.1. The van der Waals surface area contributed by atoms with E-state index in [1.807, 2.05) is 6.92 Å². The summed E-state index contributed by atoms with van der Waals surface area (Å²) in [7, 11) is 1.48. The number of nitrogens with zero attached hydrogens (tertiary/aromatic N) is 1. The van der Waals surface area contributed by atoms with Gasteiger partial charge in [0.15, 0.2) is 11.5 Å². The first kappa shape index (κ1) is 30.3. The van der Waals surface area contributed by atoms with Crippen molar-refractivity contribution in [3.05, 3.63) is 32.9 Å². The van der Waals surface area contributed by atoms with Crippen molar-refractivity contribution in [1.82, 2.24) is 10.2 Å². The predicted molar refractivity (Wildman–Crippen MR) is 142 cm³/mol. The molecule has 0 heterocycles. The van der Waals surface area contributed by atoms with Crippen molar-refractivity contribution in [2.24, 2.45) is 0 Å². The van der Waals surface area contributed by atoms with Crippen LogP contribution in [0.4, 0.5) is 0 Å². The minimum absolute atomic E-state index is 0.0786. The number of aliphatic hydroxyl groups excluding tert-OH is 3. The minimum Gasteiger partial charge on any atom is -0.493 e. The highest BCUT2D eigenvalue weighted by Crippen LogP contribution is 2.37. The summed E-state index contributed by atoms with van der Waals surface area (Å²) in [5.74, 6) is 0.185. The van der Waals surface area contributed by atoms with Crippen LogP contribution in [-0.2, 0) is 20.9 Å². The van der Waals surface area contributed by atoms with E-state index >= 15 is 0 Å². The molecule has 202 valence electrons. The third kappa shape index (κ3) is 8.04. The van der Waals surface area contributed by atoms with Crippen LogP contribution >= 0.6 is 22.6 Å². The summed E-state index contributed by atoms with van der Waals surface area (Å²) in [6.07, 6.45) is 0.431. The Bertz CT molecular complexity index is 910. The third-order valence-corrected chi connectivity index (χ3v) is 6.66. The number of hydrogen-bond donors (Lipinski definition) is 4. The van der Waals surface area contributed by atoms with E-state index in [1.165, 1.54) is 7.11 Å². The normalized spacial score (nSPS) is 19.4. The van der Waals surface area contributed by atoms with Crippen LogP contribution in [0.2, 0.25) is 0 Å². The van der Waals surface area contributed by atoms with Gasteiger partial charge in [0.25, 0.3) is 0 Å². The van der Waals surface area contributed by atoms with E-state index in [-0.39, 0.29) is 38.5 Å². The highest BCUT2D eigenvalue weighted by Gasteiger charge is 2.40. The van der Waals surface area contributed by atoms with Gasteiger partial charge in [-0.2, -0.15) is 0 Å². The molecule has 0 fully saturated rings. The van der Waals surface area contributed by atoms with Crippen LogP contribution in [-0.4, -0.2) is 90.3 Å². The van der Waals surface area contributed by atoms with Gasteiger partial charge in [0.1, 0.15) is 12.2 Å². The Morgan fingerprint density at radius 3 is 2.61 bits per heavy atom. The average Bonchev–Trinajstić information content (AvgIpc) is 2.89. The van der Waals surface area contributed by atoms with Gasteiger partial charge < -0.3 is 39.7 Å². The summed E-state index contributed by atoms with van der Waals surface area (Å²) in [6, 6.07) is 2.68. The first-order chi connectivity index (χ1) is 17.3. The van der Waals surface area contributed by atoms with Crippen LogP contribution in [0.1, 0.15) is 38.7 Å². The maximum atomic E-state index is 12.9. The molecule has 4 N–H and O–H groups in total. The molecule has 0 saturated heterocycles. The van der Waals surface area contributed by atoms with Crippen LogP contribution in [0, 0.1) is 3.57 Å². The summed E-state index contributed by atoms with van der Waals surface area (Å²) in [6.45, 7) is 4.74. The van der Waals surface area contributed by atoms with Gasteiger partial charge in [0.05, 0.1) is 29.9 Å². The van der Waals surface area contributed by atoms with Crippen LogP contribution < -0.4 is 14.8 Å². The smallest absolute Gasteiger partial charge is 0.247 e. The fourth-order valence-corrected chi connectivity index (χ4v) is 4.85. The van der Waals surface area contributed by atoms with Gasteiger partial charge in [-0.25, -0.2) is 0 Å². The first-order valence-electron chi connectivity index (χ1n) is 12.1. The lowest BCUT2D eigenvalue weighted by molar-refractivity contribution is -0.138. The summed E-state index contributed by atoms with van der Waals surface area (Å²) in [5.41, 5.74) is 0.989. The first-order valence-corrected chi connectivity index (χ1v) is 13.2. The molecule has 10 nitrogen and oxygen atoms in total. The van der Waals surface area contributed by atoms with E-state index in [1.54, 1.807) is 30.0 Å². The highest BCUT2D eigenvalue weighted by atomic mass is 127. The Morgan fingerprint density at radius 1 is 1.25 bits per heavy atom. The number of hydrogen-bond acceptors (Lipinski definition) is 8. The molecule has 1 aromatic carbocycles. The fourth-order valence-electron chi connectivity index (χ4n) is 4.05. The van der Waals surface area contributed by atoms with Gasteiger partial charge >= 0.3 is 0 Å². The summed E-state index contributed by atoms with van der Waals surface area (Å²) < 4.78 is 17.7. The number of amides is 2. The van der Waals surface area contributed by atoms with E-state index in [9.17, 15) is 19.8 Å². The Balaban J connectivity index is 2.43. The quantitative estimate of drug-likeness (QED) is 0.181. The number of methoxy groups -OCH3 is 1. The molecule has 0 saturated carbocycles. The molecular formula is C25H37IN2O8. The molecule has 2 amide bonds. The molecule has 1 aliphatic carbocycles. The Labute approximate surface area is 225 Å².